The number of aromatic nitrogens is 2. The van der Waals surface area contributed by atoms with Gasteiger partial charge in [0, 0.05) is 12.2 Å². The molecule has 2 N–H and O–H groups in total. The van der Waals surface area contributed by atoms with Crippen LogP contribution in [-0.4, -0.2) is 40.2 Å². The van der Waals surface area contributed by atoms with Crippen molar-refractivity contribution in [2.75, 3.05) is 23.8 Å². The molecule has 0 saturated carbocycles. The summed E-state index contributed by atoms with van der Waals surface area (Å²) >= 11 is 1.22. The number of rotatable bonds is 6. The maximum atomic E-state index is 13.0. The molecule has 1 saturated heterocycles. The molecule has 166 valence electrons. The monoisotopic (exact) mass is 451 g/mol. The van der Waals surface area contributed by atoms with Crippen LogP contribution in [0.15, 0.2) is 48.5 Å². The minimum Gasteiger partial charge on any atom is -0.492 e. The summed E-state index contributed by atoms with van der Waals surface area (Å²) in [6, 6.07) is 14.5. The Bertz CT molecular complexity index is 1100. The van der Waals surface area contributed by atoms with Crippen LogP contribution < -0.4 is 15.4 Å². The average Bonchev–Trinajstić information content (AvgIpc) is 3.46. The number of ether oxygens (including phenoxy) is 1. The number of likely N-dealkylation sites (tertiary alicyclic amines) is 1. The van der Waals surface area contributed by atoms with E-state index in [9.17, 15) is 9.59 Å². The van der Waals surface area contributed by atoms with Crippen molar-refractivity contribution in [2.45, 2.75) is 32.7 Å². The number of nitrogens with zero attached hydrogens (tertiary/aromatic N) is 3. The highest BCUT2D eigenvalue weighted by atomic mass is 32.1. The number of nitrogens with one attached hydrogen (secondary N) is 2. The van der Waals surface area contributed by atoms with Crippen LogP contribution in [0, 0.1) is 6.92 Å². The highest BCUT2D eigenvalue weighted by Crippen LogP contribution is 2.35. The molecule has 0 spiro atoms. The molecular formula is C23H25N5O3S. The van der Waals surface area contributed by atoms with Gasteiger partial charge in [0.15, 0.2) is 0 Å². The maximum absolute atomic E-state index is 13.0. The first-order chi connectivity index (χ1) is 15.5. The van der Waals surface area contributed by atoms with E-state index in [1.54, 1.807) is 4.90 Å². The molecule has 0 bridgehead atoms. The van der Waals surface area contributed by atoms with Crippen LogP contribution >= 0.6 is 11.3 Å². The summed E-state index contributed by atoms with van der Waals surface area (Å²) in [6.07, 6.45) is 1.63. The maximum Gasteiger partial charge on any atom is 0.322 e. The van der Waals surface area contributed by atoms with E-state index in [1.165, 1.54) is 11.3 Å². The third-order valence-electron chi connectivity index (χ3n) is 5.17. The molecule has 1 aliphatic rings. The van der Waals surface area contributed by atoms with Crippen molar-refractivity contribution in [3.05, 3.63) is 64.1 Å². The number of aryl methyl sites for hydroxylation is 1. The predicted octanol–water partition coefficient (Wildman–Crippen LogP) is 4.87. The first-order valence-electron chi connectivity index (χ1n) is 10.6. The SMILES string of the molecule is CCOc1ccccc1NC(=O)N1CCC[C@@H]1c1nnc(C(=O)Nc2ccc(C)cc2)s1. The van der Waals surface area contributed by atoms with E-state index < -0.39 is 0 Å². The number of carbonyl (C=O) groups is 2. The van der Waals surface area contributed by atoms with Crippen LogP contribution in [0.1, 0.15) is 46.2 Å². The summed E-state index contributed by atoms with van der Waals surface area (Å²) in [4.78, 5) is 27.3. The van der Waals surface area contributed by atoms with Gasteiger partial charge in [0.25, 0.3) is 5.91 Å². The number of para-hydroxylation sites is 2. The number of amides is 3. The van der Waals surface area contributed by atoms with Gasteiger partial charge in [-0.2, -0.15) is 0 Å². The summed E-state index contributed by atoms with van der Waals surface area (Å²) in [7, 11) is 0. The summed E-state index contributed by atoms with van der Waals surface area (Å²) in [5, 5.41) is 15.0. The van der Waals surface area contributed by atoms with E-state index in [2.05, 4.69) is 20.8 Å². The Kier molecular flexibility index (Phi) is 6.65. The normalized spacial score (nSPS) is 15.4. The van der Waals surface area contributed by atoms with Crippen LogP contribution in [-0.2, 0) is 0 Å². The summed E-state index contributed by atoms with van der Waals surface area (Å²) in [5.41, 5.74) is 2.44. The average molecular weight is 452 g/mol. The molecule has 3 aromatic rings. The van der Waals surface area contributed by atoms with Gasteiger partial charge in [0.2, 0.25) is 5.01 Å². The van der Waals surface area contributed by atoms with Crippen LogP contribution in [0.3, 0.4) is 0 Å². The predicted molar refractivity (Wildman–Crippen MR) is 124 cm³/mol. The zero-order chi connectivity index (χ0) is 22.5. The highest BCUT2D eigenvalue weighted by molar-refractivity contribution is 7.13. The largest absolute Gasteiger partial charge is 0.492 e. The molecule has 9 heteroatoms. The van der Waals surface area contributed by atoms with Gasteiger partial charge in [-0.05, 0) is 51.0 Å². The van der Waals surface area contributed by atoms with Crippen molar-refractivity contribution >= 4 is 34.6 Å². The van der Waals surface area contributed by atoms with Crippen molar-refractivity contribution in [3.8, 4) is 5.75 Å². The van der Waals surface area contributed by atoms with Crippen molar-refractivity contribution in [3.63, 3.8) is 0 Å². The van der Waals surface area contributed by atoms with E-state index in [0.717, 1.165) is 18.4 Å². The molecule has 1 aliphatic heterocycles. The zero-order valence-electron chi connectivity index (χ0n) is 18.0. The molecule has 2 heterocycles. The van der Waals surface area contributed by atoms with Crippen molar-refractivity contribution < 1.29 is 14.3 Å². The van der Waals surface area contributed by atoms with E-state index >= 15 is 0 Å². The standard InChI is InChI=1S/C23H25N5O3S/c1-3-31-19-9-5-4-7-17(19)25-23(30)28-14-6-8-18(28)21-26-27-22(32-21)20(29)24-16-12-10-15(2)11-13-16/h4-5,7,9-13,18H,3,6,8,14H2,1-2H3,(H,24,29)(H,25,30)/t18-/m1/s1. The van der Waals surface area contributed by atoms with Gasteiger partial charge in [-0.25, -0.2) is 4.79 Å². The number of anilines is 2. The Balaban J connectivity index is 1.44. The summed E-state index contributed by atoms with van der Waals surface area (Å²) in [5.74, 6) is 0.322. The van der Waals surface area contributed by atoms with E-state index in [4.69, 9.17) is 4.74 Å². The third-order valence-corrected chi connectivity index (χ3v) is 6.19. The van der Waals surface area contributed by atoms with Crippen molar-refractivity contribution in [2.24, 2.45) is 0 Å². The number of hydrogen-bond donors (Lipinski definition) is 2. The van der Waals surface area contributed by atoms with Crippen LogP contribution in [0.25, 0.3) is 0 Å². The molecule has 0 radical (unpaired) electrons. The first-order valence-corrected chi connectivity index (χ1v) is 11.4. The first kappa shape index (κ1) is 21.8. The third kappa shape index (κ3) is 4.88. The van der Waals surface area contributed by atoms with Gasteiger partial charge in [-0.15, -0.1) is 10.2 Å². The molecule has 1 fully saturated rings. The molecule has 3 amide bonds. The summed E-state index contributed by atoms with van der Waals surface area (Å²) in [6.45, 7) is 5.01. The lowest BCUT2D eigenvalue weighted by Gasteiger charge is -2.23. The highest BCUT2D eigenvalue weighted by Gasteiger charge is 2.33. The molecule has 2 aromatic carbocycles. The Morgan fingerprint density at radius 3 is 2.69 bits per heavy atom. The molecular weight excluding hydrogens is 426 g/mol. The smallest absolute Gasteiger partial charge is 0.322 e. The Morgan fingerprint density at radius 2 is 1.91 bits per heavy atom. The minimum atomic E-state index is -0.308. The van der Waals surface area contributed by atoms with Crippen LogP contribution in [0.2, 0.25) is 0 Å². The number of hydrogen-bond acceptors (Lipinski definition) is 6. The van der Waals surface area contributed by atoms with Crippen LogP contribution in [0.5, 0.6) is 5.75 Å². The van der Waals surface area contributed by atoms with Gasteiger partial charge in [-0.3, -0.25) is 4.79 Å². The lowest BCUT2D eigenvalue weighted by molar-refractivity contribution is 0.102. The van der Waals surface area contributed by atoms with Gasteiger partial charge >= 0.3 is 6.03 Å². The van der Waals surface area contributed by atoms with E-state index in [1.807, 2.05) is 62.4 Å². The van der Waals surface area contributed by atoms with Gasteiger partial charge in [-0.1, -0.05) is 41.2 Å². The lowest BCUT2D eigenvalue weighted by Crippen LogP contribution is -2.34. The molecule has 1 atom stereocenters. The lowest BCUT2D eigenvalue weighted by atomic mass is 10.2. The fourth-order valence-electron chi connectivity index (χ4n) is 3.59. The van der Waals surface area contributed by atoms with Crippen molar-refractivity contribution in [1.82, 2.24) is 15.1 Å². The second kappa shape index (κ2) is 9.78. The van der Waals surface area contributed by atoms with Gasteiger partial charge in [0.05, 0.1) is 18.3 Å². The molecule has 8 nitrogen and oxygen atoms in total. The fraction of sp³-hybridized carbons (Fsp3) is 0.304. The van der Waals surface area contributed by atoms with Gasteiger partial charge in [0.1, 0.15) is 10.8 Å². The minimum absolute atomic E-state index is 0.215. The van der Waals surface area contributed by atoms with E-state index in [-0.39, 0.29) is 23.0 Å². The Morgan fingerprint density at radius 1 is 1.12 bits per heavy atom. The fourth-order valence-corrected chi connectivity index (χ4v) is 4.47. The number of benzene rings is 2. The Labute approximate surface area is 190 Å². The topological polar surface area (TPSA) is 96.4 Å². The molecule has 0 aliphatic carbocycles. The second-order valence-electron chi connectivity index (χ2n) is 7.48. The molecule has 1 aromatic heterocycles. The number of urea groups is 1. The molecule has 32 heavy (non-hydrogen) atoms. The van der Waals surface area contributed by atoms with E-state index in [0.29, 0.717) is 35.3 Å². The zero-order valence-corrected chi connectivity index (χ0v) is 18.8. The molecule has 0 unspecified atom stereocenters. The van der Waals surface area contributed by atoms with Crippen LogP contribution in [0.4, 0.5) is 16.2 Å². The second-order valence-corrected chi connectivity index (χ2v) is 8.49. The van der Waals surface area contributed by atoms with Gasteiger partial charge < -0.3 is 20.3 Å². The Hall–Kier alpha value is -3.46. The summed E-state index contributed by atoms with van der Waals surface area (Å²) < 4.78 is 5.60. The quantitative estimate of drug-likeness (QED) is 0.558. The van der Waals surface area contributed by atoms with Crippen molar-refractivity contribution in [1.29, 1.82) is 0 Å². The number of carbonyl (C=O) groups excluding carboxylic acids is 2. The molecule has 4 rings (SSSR count).